The molecular formula is C17H15N3. The zero-order chi connectivity index (χ0) is 13.9. The van der Waals surface area contributed by atoms with Gasteiger partial charge in [0.1, 0.15) is 0 Å². The van der Waals surface area contributed by atoms with Crippen molar-refractivity contribution in [2.24, 2.45) is 0 Å². The third-order valence-electron chi connectivity index (χ3n) is 3.15. The van der Waals surface area contributed by atoms with Gasteiger partial charge in [-0.15, -0.1) is 0 Å². The van der Waals surface area contributed by atoms with Crippen LogP contribution in [0.25, 0.3) is 22.6 Å². The van der Waals surface area contributed by atoms with Gasteiger partial charge in [0.05, 0.1) is 5.69 Å². The van der Waals surface area contributed by atoms with E-state index < -0.39 is 0 Å². The molecule has 98 valence electrons. The second kappa shape index (κ2) is 5.21. The van der Waals surface area contributed by atoms with Crippen molar-refractivity contribution in [3.8, 4) is 22.6 Å². The number of nitrogens with zero attached hydrogens (tertiary/aromatic N) is 3. The van der Waals surface area contributed by atoms with Crippen molar-refractivity contribution in [2.75, 3.05) is 0 Å². The summed E-state index contributed by atoms with van der Waals surface area (Å²) in [5, 5.41) is 0. The summed E-state index contributed by atoms with van der Waals surface area (Å²) in [5.41, 5.74) is 5.31. The summed E-state index contributed by atoms with van der Waals surface area (Å²) in [4.78, 5) is 13.1. The summed E-state index contributed by atoms with van der Waals surface area (Å²) >= 11 is 0. The van der Waals surface area contributed by atoms with Crippen molar-refractivity contribution in [3.05, 3.63) is 66.1 Å². The van der Waals surface area contributed by atoms with Gasteiger partial charge in [-0.25, -0.2) is 9.97 Å². The van der Waals surface area contributed by atoms with Gasteiger partial charge in [0.2, 0.25) is 0 Å². The monoisotopic (exact) mass is 261 g/mol. The van der Waals surface area contributed by atoms with E-state index in [1.54, 1.807) is 0 Å². The SMILES string of the molecule is Cc1ccc(-c2ccc(-c3ncc(C)cn3)cn2)cc1. The standard InChI is InChI=1S/C17H15N3/c1-12-3-5-14(6-4-12)16-8-7-15(11-18-16)17-19-9-13(2)10-20-17/h3-11H,1-2H3. The van der Waals surface area contributed by atoms with Gasteiger partial charge in [-0.05, 0) is 31.5 Å². The number of benzene rings is 1. The van der Waals surface area contributed by atoms with Crippen LogP contribution in [0.4, 0.5) is 0 Å². The van der Waals surface area contributed by atoms with E-state index in [2.05, 4.69) is 46.1 Å². The van der Waals surface area contributed by atoms with E-state index in [1.165, 1.54) is 5.56 Å². The highest BCUT2D eigenvalue weighted by Gasteiger charge is 2.03. The van der Waals surface area contributed by atoms with Crippen molar-refractivity contribution in [1.29, 1.82) is 0 Å². The van der Waals surface area contributed by atoms with E-state index in [0.29, 0.717) is 5.82 Å². The molecule has 1 aromatic carbocycles. The smallest absolute Gasteiger partial charge is 0.160 e. The van der Waals surface area contributed by atoms with E-state index in [9.17, 15) is 0 Å². The Kier molecular flexibility index (Phi) is 3.25. The minimum atomic E-state index is 0.707. The van der Waals surface area contributed by atoms with Crippen LogP contribution < -0.4 is 0 Å². The third kappa shape index (κ3) is 2.57. The first-order valence-electron chi connectivity index (χ1n) is 6.54. The van der Waals surface area contributed by atoms with Crippen molar-refractivity contribution in [3.63, 3.8) is 0 Å². The van der Waals surface area contributed by atoms with Crippen LogP contribution in [-0.4, -0.2) is 15.0 Å². The van der Waals surface area contributed by atoms with Gasteiger partial charge in [0.25, 0.3) is 0 Å². The molecule has 0 unspecified atom stereocenters. The molecule has 0 aliphatic heterocycles. The number of aryl methyl sites for hydroxylation is 2. The van der Waals surface area contributed by atoms with Crippen LogP contribution in [-0.2, 0) is 0 Å². The van der Waals surface area contributed by atoms with E-state index in [-0.39, 0.29) is 0 Å². The Morgan fingerprint density at radius 2 is 1.25 bits per heavy atom. The lowest BCUT2D eigenvalue weighted by Crippen LogP contribution is -1.91. The molecule has 0 fully saturated rings. The maximum atomic E-state index is 4.50. The topological polar surface area (TPSA) is 38.7 Å². The molecule has 0 spiro atoms. The lowest BCUT2D eigenvalue weighted by atomic mass is 10.1. The van der Waals surface area contributed by atoms with Crippen LogP contribution in [0.5, 0.6) is 0 Å². The van der Waals surface area contributed by atoms with Crippen LogP contribution in [0.2, 0.25) is 0 Å². The predicted molar refractivity (Wildman–Crippen MR) is 80.2 cm³/mol. The first kappa shape index (κ1) is 12.5. The Labute approximate surface area is 118 Å². The molecule has 0 atom stereocenters. The third-order valence-corrected chi connectivity index (χ3v) is 3.15. The first-order chi connectivity index (χ1) is 9.72. The van der Waals surface area contributed by atoms with E-state index >= 15 is 0 Å². The highest BCUT2D eigenvalue weighted by Crippen LogP contribution is 2.20. The normalized spacial score (nSPS) is 10.5. The Morgan fingerprint density at radius 1 is 0.600 bits per heavy atom. The van der Waals surface area contributed by atoms with Crippen molar-refractivity contribution in [2.45, 2.75) is 13.8 Å². The Bertz CT molecular complexity index is 634. The molecule has 3 rings (SSSR count). The molecule has 0 saturated carbocycles. The van der Waals surface area contributed by atoms with E-state index in [0.717, 1.165) is 22.4 Å². The average molecular weight is 261 g/mol. The summed E-state index contributed by atoms with van der Waals surface area (Å²) < 4.78 is 0. The van der Waals surface area contributed by atoms with Crippen LogP contribution in [0.1, 0.15) is 11.1 Å². The summed E-state index contributed by atoms with van der Waals surface area (Å²) in [6.07, 6.45) is 5.45. The van der Waals surface area contributed by atoms with Crippen molar-refractivity contribution in [1.82, 2.24) is 15.0 Å². The fraction of sp³-hybridized carbons (Fsp3) is 0.118. The second-order valence-corrected chi connectivity index (χ2v) is 4.88. The second-order valence-electron chi connectivity index (χ2n) is 4.88. The summed E-state index contributed by atoms with van der Waals surface area (Å²) in [6.45, 7) is 4.05. The fourth-order valence-electron chi connectivity index (χ4n) is 1.96. The van der Waals surface area contributed by atoms with Gasteiger partial charge < -0.3 is 0 Å². The first-order valence-corrected chi connectivity index (χ1v) is 6.54. The molecule has 0 bridgehead atoms. The Hall–Kier alpha value is -2.55. The molecule has 0 amide bonds. The van der Waals surface area contributed by atoms with Gasteiger partial charge in [-0.3, -0.25) is 4.98 Å². The minimum absolute atomic E-state index is 0.707. The van der Waals surface area contributed by atoms with Gasteiger partial charge in [-0.2, -0.15) is 0 Å². The number of rotatable bonds is 2. The summed E-state index contributed by atoms with van der Waals surface area (Å²) in [5.74, 6) is 0.707. The highest BCUT2D eigenvalue weighted by molar-refractivity contribution is 5.63. The summed E-state index contributed by atoms with van der Waals surface area (Å²) in [7, 11) is 0. The number of hydrogen-bond acceptors (Lipinski definition) is 3. The maximum absolute atomic E-state index is 4.50. The minimum Gasteiger partial charge on any atom is -0.255 e. The number of pyridine rings is 1. The molecule has 20 heavy (non-hydrogen) atoms. The van der Waals surface area contributed by atoms with Gasteiger partial charge in [0, 0.05) is 29.7 Å². The zero-order valence-electron chi connectivity index (χ0n) is 11.5. The number of aromatic nitrogens is 3. The van der Waals surface area contributed by atoms with Crippen LogP contribution >= 0.6 is 0 Å². The van der Waals surface area contributed by atoms with Crippen LogP contribution in [0.3, 0.4) is 0 Å². The van der Waals surface area contributed by atoms with Gasteiger partial charge >= 0.3 is 0 Å². The zero-order valence-corrected chi connectivity index (χ0v) is 11.5. The molecule has 0 aliphatic carbocycles. The lowest BCUT2D eigenvalue weighted by Gasteiger charge is -2.03. The van der Waals surface area contributed by atoms with Crippen LogP contribution in [0, 0.1) is 13.8 Å². The average Bonchev–Trinajstić information content (AvgIpc) is 2.49. The van der Waals surface area contributed by atoms with Gasteiger partial charge in [-0.1, -0.05) is 29.8 Å². The quantitative estimate of drug-likeness (QED) is 0.704. The van der Waals surface area contributed by atoms with Gasteiger partial charge in [0.15, 0.2) is 5.82 Å². The molecule has 0 saturated heterocycles. The molecule has 3 heteroatoms. The molecule has 2 aromatic heterocycles. The Morgan fingerprint density at radius 3 is 1.85 bits per heavy atom. The molecule has 0 radical (unpaired) electrons. The predicted octanol–water partition coefficient (Wildman–Crippen LogP) is 3.82. The lowest BCUT2D eigenvalue weighted by molar-refractivity contribution is 1.13. The van der Waals surface area contributed by atoms with E-state index in [4.69, 9.17) is 0 Å². The van der Waals surface area contributed by atoms with Crippen molar-refractivity contribution >= 4 is 0 Å². The maximum Gasteiger partial charge on any atom is 0.160 e. The van der Waals surface area contributed by atoms with E-state index in [1.807, 2.05) is 37.6 Å². The molecule has 3 aromatic rings. The fourth-order valence-corrected chi connectivity index (χ4v) is 1.96. The summed E-state index contributed by atoms with van der Waals surface area (Å²) in [6, 6.07) is 12.4. The molecular weight excluding hydrogens is 246 g/mol. The Balaban J connectivity index is 1.91. The highest BCUT2D eigenvalue weighted by atomic mass is 14.9. The molecule has 2 heterocycles. The molecule has 0 N–H and O–H groups in total. The largest absolute Gasteiger partial charge is 0.255 e. The van der Waals surface area contributed by atoms with Crippen LogP contribution in [0.15, 0.2) is 55.0 Å². The molecule has 3 nitrogen and oxygen atoms in total. The van der Waals surface area contributed by atoms with Crippen molar-refractivity contribution < 1.29 is 0 Å². The number of hydrogen-bond donors (Lipinski definition) is 0. The molecule has 0 aliphatic rings.